The van der Waals surface area contributed by atoms with Crippen LogP contribution in [-0.2, 0) is 13.2 Å². The van der Waals surface area contributed by atoms with E-state index >= 15 is 0 Å². The fourth-order valence-corrected chi connectivity index (χ4v) is 4.20. The van der Waals surface area contributed by atoms with Crippen molar-refractivity contribution in [3.05, 3.63) is 70.5 Å². The second-order valence-corrected chi connectivity index (χ2v) is 9.12. The van der Waals surface area contributed by atoms with Crippen molar-refractivity contribution in [2.75, 3.05) is 20.8 Å². The molecule has 0 aliphatic carbocycles. The van der Waals surface area contributed by atoms with Crippen molar-refractivity contribution in [3.8, 4) is 17.2 Å². The molecule has 0 saturated heterocycles. The summed E-state index contributed by atoms with van der Waals surface area (Å²) in [5.74, 6) is 1.83. The number of aliphatic hydroxyl groups excluding tert-OH is 1. The normalized spacial score (nSPS) is 12.4. The van der Waals surface area contributed by atoms with E-state index in [0.29, 0.717) is 29.1 Å². The fraction of sp³-hybridized carbons (Fsp3) is 0.423. The minimum Gasteiger partial charge on any atom is -0.493 e. The lowest BCUT2D eigenvalue weighted by molar-refractivity contribution is 0.124. The van der Waals surface area contributed by atoms with Gasteiger partial charge in [-0.25, -0.2) is 4.68 Å². The highest BCUT2D eigenvalue weighted by Gasteiger charge is 2.18. The highest BCUT2D eigenvalue weighted by molar-refractivity contribution is 6.30. The van der Waals surface area contributed by atoms with Crippen LogP contribution in [0.15, 0.2) is 48.5 Å². The standard InChI is InChI=1S/C26H34ClN3O3/c1-18(2)13-22(16-31)29(4)15-20-11-12-24(25(14-20)32-5)33-17-23-19(3)28-30(26(23)27)21-9-7-6-8-10-21/h6-12,14,18,22,31H,13,15-17H2,1-5H3/t22-/m0/s1. The van der Waals surface area contributed by atoms with Crippen LogP contribution < -0.4 is 9.47 Å². The number of rotatable bonds is 11. The van der Waals surface area contributed by atoms with Gasteiger partial charge in [-0.05, 0) is 56.1 Å². The van der Waals surface area contributed by atoms with Gasteiger partial charge in [0.05, 0.1) is 25.1 Å². The monoisotopic (exact) mass is 471 g/mol. The Balaban J connectivity index is 1.72. The number of benzene rings is 2. The van der Waals surface area contributed by atoms with E-state index in [1.165, 1.54) is 0 Å². The van der Waals surface area contributed by atoms with Crippen molar-refractivity contribution in [3.63, 3.8) is 0 Å². The molecule has 33 heavy (non-hydrogen) atoms. The summed E-state index contributed by atoms with van der Waals surface area (Å²) < 4.78 is 13.4. The molecule has 0 aliphatic rings. The Kier molecular flexibility index (Phi) is 8.78. The number of methoxy groups -OCH3 is 1. The molecule has 7 heteroatoms. The molecule has 2 aromatic carbocycles. The Bertz CT molecular complexity index is 1040. The largest absolute Gasteiger partial charge is 0.493 e. The maximum absolute atomic E-state index is 9.76. The van der Waals surface area contributed by atoms with E-state index in [1.54, 1.807) is 11.8 Å². The molecule has 0 spiro atoms. The lowest BCUT2D eigenvalue weighted by Gasteiger charge is -2.28. The third kappa shape index (κ3) is 6.28. The number of aliphatic hydroxyl groups is 1. The number of nitrogens with zero attached hydrogens (tertiary/aromatic N) is 3. The Morgan fingerprint density at radius 1 is 1.12 bits per heavy atom. The van der Waals surface area contributed by atoms with Crippen molar-refractivity contribution < 1.29 is 14.6 Å². The molecular weight excluding hydrogens is 438 g/mol. The van der Waals surface area contributed by atoms with Crippen LogP contribution >= 0.6 is 11.6 Å². The SMILES string of the molecule is COc1cc(CN(C)[C@H](CO)CC(C)C)ccc1OCc1c(C)nn(-c2ccccc2)c1Cl. The van der Waals surface area contributed by atoms with Crippen LogP contribution in [0.2, 0.25) is 5.15 Å². The average molecular weight is 472 g/mol. The maximum atomic E-state index is 9.76. The number of aromatic nitrogens is 2. The molecule has 0 saturated carbocycles. The van der Waals surface area contributed by atoms with Crippen molar-refractivity contribution in [2.24, 2.45) is 5.92 Å². The van der Waals surface area contributed by atoms with Crippen LogP contribution in [0.3, 0.4) is 0 Å². The summed E-state index contributed by atoms with van der Waals surface area (Å²) in [7, 11) is 3.67. The second-order valence-electron chi connectivity index (χ2n) is 8.76. The van der Waals surface area contributed by atoms with Crippen molar-refractivity contribution >= 4 is 11.6 Å². The van der Waals surface area contributed by atoms with E-state index in [0.717, 1.165) is 28.9 Å². The first kappa shape index (κ1) is 25.1. The molecule has 3 aromatic rings. The molecule has 0 radical (unpaired) electrons. The third-order valence-electron chi connectivity index (χ3n) is 5.73. The molecule has 0 unspecified atom stereocenters. The van der Waals surface area contributed by atoms with E-state index in [-0.39, 0.29) is 19.3 Å². The molecule has 3 rings (SSSR count). The first-order chi connectivity index (χ1) is 15.8. The topological polar surface area (TPSA) is 59.8 Å². The zero-order chi connectivity index (χ0) is 24.0. The summed E-state index contributed by atoms with van der Waals surface area (Å²) in [6, 6.07) is 15.8. The summed E-state index contributed by atoms with van der Waals surface area (Å²) in [5, 5.41) is 14.9. The molecule has 6 nitrogen and oxygen atoms in total. The van der Waals surface area contributed by atoms with Gasteiger partial charge in [0.25, 0.3) is 0 Å². The molecule has 1 aromatic heterocycles. The number of aryl methyl sites for hydroxylation is 1. The molecule has 178 valence electrons. The van der Waals surface area contributed by atoms with E-state index in [1.807, 2.05) is 62.5 Å². The lowest BCUT2D eigenvalue weighted by atomic mass is 10.0. The molecule has 1 N–H and O–H groups in total. The van der Waals surface area contributed by atoms with Crippen LogP contribution in [0.25, 0.3) is 5.69 Å². The van der Waals surface area contributed by atoms with E-state index in [2.05, 4.69) is 23.8 Å². The molecule has 1 heterocycles. The van der Waals surface area contributed by atoms with Crippen molar-refractivity contribution in [1.82, 2.24) is 14.7 Å². The Labute approximate surface area is 201 Å². The predicted molar refractivity (Wildman–Crippen MR) is 132 cm³/mol. The Hall–Kier alpha value is -2.54. The highest BCUT2D eigenvalue weighted by atomic mass is 35.5. The van der Waals surface area contributed by atoms with Gasteiger partial charge in [-0.1, -0.05) is 49.7 Å². The summed E-state index contributed by atoms with van der Waals surface area (Å²) >= 11 is 6.63. The molecule has 1 atom stereocenters. The average Bonchev–Trinajstić information content (AvgIpc) is 3.10. The van der Waals surface area contributed by atoms with Gasteiger partial charge < -0.3 is 14.6 Å². The lowest BCUT2D eigenvalue weighted by Crippen LogP contribution is -2.35. The van der Waals surface area contributed by atoms with E-state index in [4.69, 9.17) is 21.1 Å². The number of likely N-dealkylation sites (N-methyl/N-ethyl adjacent to an activating group) is 1. The molecule has 0 amide bonds. The minimum absolute atomic E-state index is 0.123. The van der Waals surface area contributed by atoms with Crippen LogP contribution in [0.5, 0.6) is 11.5 Å². The van der Waals surface area contributed by atoms with Crippen molar-refractivity contribution in [1.29, 1.82) is 0 Å². The van der Waals surface area contributed by atoms with Gasteiger partial charge in [0.2, 0.25) is 0 Å². The number of hydrogen-bond acceptors (Lipinski definition) is 5. The molecule has 0 fully saturated rings. The zero-order valence-corrected chi connectivity index (χ0v) is 20.8. The Morgan fingerprint density at radius 3 is 2.48 bits per heavy atom. The second kappa shape index (κ2) is 11.5. The molecule has 0 bridgehead atoms. The quantitative estimate of drug-likeness (QED) is 0.413. The molecule has 0 aliphatic heterocycles. The van der Waals surface area contributed by atoms with Gasteiger partial charge in [0, 0.05) is 18.2 Å². The number of hydrogen-bond donors (Lipinski definition) is 1. The van der Waals surface area contributed by atoms with Crippen LogP contribution in [0, 0.1) is 12.8 Å². The van der Waals surface area contributed by atoms with Crippen molar-refractivity contribution in [2.45, 2.75) is 46.4 Å². The first-order valence-electron chi connectivity index (χ1n) is 11.2. The number of para-hydroxylation sites is 1. The first-order valence-corrected chi connectivity index (χ1v) is 11.6. The summed E-state index contributed by atoms with van der Waals surface area (Å²) in [6.07, 6.45) is 0.947. The molecular formula is C26H34ClN3O3. The fourth-order valence-electron chi connectivity index (χ4n) is 3.87. The maximum Gasteiger partial charge on any atom is 0.161 e. The van der Waals surface area contributed by atoms with E-state index < -0.39 is 0 Å². The van der Waals surface area contributed by atoms with Gasteiger partial charge in [-0.3, -0.25) is 4.90 Å². The highest BCUT2D eigenvalue weighted by Crippen LogP contribution is 2.31. The van der Waals surface area contributed by atoms with Crippen LogP contribution in [-0.4, -0.2) is 46.6 Å². The zero-order valence-electron chi connectivity index (χ0n) is 20.1. The van der Waals surface area contributed by atoms with Gasteiger partial charge in [0.1, 0.15) is 11.8 Å². The predicted octanol–water partition coefficient (Wildman–Crippen LogP) is 5.26. The number of ether oxygens (including phenoxy) is 2. The van der Waals surface area contributed by atoms with E-state index in [9.17, 15) is 5.11 Å². The van der Waals surface area contributed by atoms with Gasteiger partial charge in [-0.15, -0.1) is 0 Å². The summed E-state index contributed by atoms with van der Waals surface area (Å²) in [4.78, 5) is 2.18. The van der Waals surface area contributed by atoms with Crippen LogP contribution in [0.1, 0.15) is 37.1 Å². The van der Waals surface area contributed by atoms with Gasteiger partial charge in [0.15, 0.2) is 11.5 Å². The summed E-state index contributed by atoms with van der Waals surface area (Å²) in [5.41, 5.74) is 3.66. The van der Waals surface area contributed by atoms with Gasteiger partial charge in [-0.2, -0.15) is 5.10 Å². The Morgan fingerprint density at radius 2 is 1.85 bits per heavy atom. The third-order valence-corrected chi connectivity index (χ3v) is 6.12. The summed E-state index contributed by atoms with van der Waals surface area (Å²) in [6.45, 7) is 7.41. The van der Waals surface area contributed by atoms with Gasteiger partial charge >= 0.3 is 0 Å². The van der Waals surface area contributed by atoms with Crippen LogP contribution in [0.4, 0.5) is 0 Å². The minimum atomic E-state index is 0.123. The smallest absolute Gasteiger partial charge is 0.161 e. The number of halogens is 1.